The molecule has 8 heavy (non-hydrogen) atoms. The van der Waals surface area contributed by atoms with E-state index in [4.69, 9.17) is 5.11 Å². The first-order valence-electron chi connectivity index (χ1n) is 3.29. The van der Waals surface area contributed by atoms with Gasteiger partial charge in [0.15, 0.2) is 0 Å². The van der Waals surface area contributed by atoms with Gasteiger partial charge in [0.05, 0.1) is 0 Å². The molecule has 0 unspecified atom stereocenters. The molecule has 0 radical (unpaired) electrons. The molecule has 3 N–H and O–H groups in total. The Labute approximate surface area is 49.9 Å². The van der Waals surface area contributed by atoms with Crippen LogP contribution in [0, 0.1) is 5.92 Å². The summed E-state index contributed by atoms with van der Waals surface area (Å²) in [5.74, 6) is 0.812. The summed E-state index contributed by atoms with van der Waals surface area (Å²) in [6.45, 7) is 2.93. The van der Waals surface area contributed by atoms with Crippen LogP contribution < -0.4 is 5.32 Å². The summed E-state index contributed by atoms with van der Waals surface area (Å²) in [4.78, 5) is 0. The SMILES string of the molecule is [OH2+]CC[C@H]1CCNC1. The van der Waals surface area contributed by atoms with Crippen molar-refractivity contribution in [3.63, 3.8) is 0 Å². The molecule has 2 nitrogen and oxygen atoms in total. The standard InChI is InChI=1S/C6H13NO/c8-4-2-6-1-3-7-5-6/h6-8H,1-5H2/p+1/t6-/m1/s1. The Morgan fingerprint density at radius 3 is 3.00 bits per heavy atom. The average Bonchev–Trinajstić information content (AvgIpc) is 2.19. The fraction of sp³-hybridized carbons (Fsp3) is 1.00. The summed E-state index contributed by atoms with van der Waals surface area (Å²) < 4.78 is 0. The Balaban J connectivity index is 2.06. The van der Waals surface area contributed by atoms with Gasteiger partial charge in [-0.1, -0.05) is 0 Å². The van der Waals surface area contributed by atoms with Crippen LogP contribution in [-0.2, 0) is 0 Å². The molecule has 1 heterocycles. The van der Waals surface area contributed by atoms with Crippen LogP contribution in [0.3, 0.4) is 0 Å². The van der Waals surface area contributed by atoms with Crippen LogP contribution in [0.4, 0.5) is 0 Å². The minimum atomic E-state index is 0.604. The Hall–Kier alpha value is -0.0800. The van der Waals surface area contributed by atoms with Crippen LogP contribution in [-0.4, -0.2) is 24.8 Å². The van der Waals surface area contributed by atoms with Crippen molar-refractivity contribution in [1.82, 2.24) is 5.32 Å². The van der Waals surface area contributed by atoms with Crippen molar-refractivity contribution in [3.05, 3.63) is 0 Å². The highest BCUT2D eigenvalue weighted by atomic mass is 16.3. The molecule has 0 bridgehead atoms. The van der Waals surface area contributed by atoms with Crippen LogP contribution in [0.25, 0.3) is 0 Å². The summed E-state index contributed by atoms with van der Waals surface area (Å²) in [5.41, 5.74) is 0. The van der Waals surface area contributed by atoms with Crippen molar-refractivity contribution in [2.75, 3.05) is 19.7 Å². The molecule has 1 rings (SSSR count). The van der Waals surface area contributed by atoms with E-state index in [0.717, 1.165) is 18.9 Å². The highest BCUT2D eigenvalue weighted by Crippen LogP contribution is 2.10. The van der Waals surface area contributed by atoms with Crippen molar-refractivity contribution >= 4 is 0 Å². The molecule has 0 aromatic rings. The van der Waals surface area contributed by atoms with Crippen LogP contribution in [0.1, 0.15) is 12.8 Å². The molecule has 0 aromatic carbocycles. The minimum Gasteiger partial charge on any atom is -0.445 e. The van der Waals surface area contributed by atoms with E-state index >= 15 is 0 Å². The fourth-order valence-corrected chi connectivity index (χ4v) is 1.16. The molecule has 2 heteroatoms. The number of rotatable bonds is 2. The molecular formula is C6H14NO+. The van der Waals surface area contributed by atoms with E-state index in [1.165, 1.54) is 13.0 Å². The third-order valence-corrected chi connectivity index (χ3v) is 1.71. The molecule has 0 amide bonds. The van der Waals surface area contributed by atoms with Gasteiger partial charge in [-0.25, -0.2) is 0 Å². The molecular weight excluding hydrogens is 102 g/mol. The van der Waals surface area contributed by atoms with E-state index in [9.17, 15) is 0 Å². The zero-order chi connectivity index (χ0) is 5.82. The van der Waals surface area contributed by atoms with Gasteiger partial charge < -0.3 is 10.4 Å². The third-order valence-electron chi connectivity index (χ3n) is 1.71. The zero-order valence-electron chi connectivity index (χ0n) is 5.11. The lowest BCUT2D eigenvalue weighted by molar-refractivity contribution is 0.262. The summed E-state index contributed by atoms with van der Waals surface area (Å²) in [5, 5.41) is 10.2. The molecule has 1 aliphatic heterocycles. The Kier molecular flexibility index (Phi) is 2.30. The molecule has 1 aliphatic rings. The molecule has 0 saturated carbocycles. The third kappa shape index (κ3) is 1.46. The predicted octanol–water partition coefficient (Wildman–Crippen LogP) is -0.289. The second-order valence-electron chi connectivity index (χ2n) is 2.40. The van der Waals surface area contributed by atoms with Crippen LogP contribution >= 0.6 is 0 Å². The molecule has 1 saturated heterocycles. The predicted molar refractivity (Wildman–Crippen MR) is 34.1 cm³/mol. The van der Waals surface area contributed by atoms with Gasteiger partial charge in [0.2, 0.25) is 0 Å². The summed E-state index contributed by atoms with van der Waals surface area (Å²) >= 11 is 0. The normalized spacial score (nSPS) is 28.9. The second-order valence-corrected chi connectivity index (χ2v) is 2.40. The molecule has 1 fully saturated rings. The van der Waals surface area contributed by atoms with Crippen molar-refractivity contribution < 1.29 is 5.11 Å². The van der Waals surface area contributed by atoms with Gasteiger partial charge in [0.25, 0.3) is 0 Å². The maximum atomic E-state index is 6.94. The Bertz CT molecular complexity index is 59.5. The van der Waals surface area contributed by atoms with Gasteiger partial charge in [0, 0.05) is 6.42 Å². The van der Waals surface area contributed by atoms with Gasteiger partial charge in [0.1, 0.15) is 6.61 Å². The van der Waals surface area contributed by atoms with E-state index in [-0.39, 0.29) is 0 Å². The topological polar surface area (TPSA) is 34.9 Å². The van der Waals surface area contributed by atoms with Crippen molar-refractivity contribution in [1.29, 1.82) is 0 Å². The van der Waals surface area contributed by atoms with Gasteiger partial charge >= 0.3 is 0 Å². The lowest BCUT2D eigenvalue weighted by atomic mass is 10.1. The molecule has 0 spiro atoms. The number of hydrogen-bond acceptors (Lipinski definition) is 1. The van der Waals surface area contributed by atoms with Crippen LogP contribution in [0.5, 0.6) is 0 Å². The maximum absolute atomic E-state index is 6.94. The van der Waals surface area contributed by atoms with Crippen LogP contribution in [0.2, 0.25) is 0 Å². The minimum absolute atomic E-state index is 0.604. The van der Waals surface area contributed by atoms with Crippen molar-refractivity contribution in [2.45, 2.75) is 12.8 Å². The smallest absolute Gasteiger partial charge is 0.143 e. The average molecular weight is 116 g/mol. The highest BCUT2D eigenvalue weighted by Gasteiger charge is 2.13. The molecule has 0 aromatic heterocycles. The van der Waals surface area contributed by atoms with Gasteiger partial charge in [-0.3, -0.25) is 0 Å². The fourth-order valence-electron chi connectivity index (χ4n) is 1.16. The second kappa shape index (κ2) is 3.05. The Morgan fingerprint density at radius 1 is 1.62 bits per heavy atom. The first-order chi connectivity index (χ1) is 3.93. The van der Waals surface area contributed by atoms with Gasteiger partial charge in [-0.2, -0.15) is 0 Å². The maximum Gasteiger partial charge on any atom is 0.143 e. The lowest BCUT2D eigenvalue weighted by Crippen LogP contribution is -2.09. The largest absolute Gasteiger partial charge is 0.445 e. The first kappa shape index (κ1) is 6.05. The van der Waals surface area contributed by atoms with E-state index in [1.807, 2.05) is 0 Å². The van der Waals surface area contributed by atoms with Gasteiger partial charge in [-0.05, 0) is 25.4 Å². The van der Waals surface area contributed by atoms with E-state index in [1.54, 1.807) is 0 Å². The van der Waals surface area contributed by atoms with Crippen molar-refractivity contribution in [3.8, 4) is 0 Å². The summed E-state index contributed by atoms with van der Waals surface area (Å²) in [6.07, 6.45) is 2.38. The van der Waals surface area contributed by atoms with E-state index in [2.05, 4.69) is 5.32 Å². The van der Waals surface area contributed by atoms with E-state index < -0.39 is 0 Å². The molecule has 0 aliphatic carbocycles. The lowest BCUT2D eigenvalue weighted by Gasteiger charge is -2.00. The number of hydrogen-bond donors (Lipinski definition) is 1. The zero-order valence-corrected chi connectivity index (χ0v) is 5.11. The number of nitrogens with one attached hydrogen (secondary N) is 1. The summed E-state index contributed by atoms with van der Waals surface area (Å²) in [7, 11) is 0. The van der Waals surface area contributed by atoms with Gasteiger partial charge in [-0.15, -0.1) is 0 Å². The Morgan fingerprint density at radius 2 is 2.50 bits per heavy atom. The van der Waals surface area contributed by atoms with Crippen LogP contribution in [0.15, 0.2) is 0 Å². The highest BCUT2D eigenvalue weighted by molar-refractivity contribution is 4.69. The summed E-state index contributed by atoms with van der Waals surface area (Å²) in [6, 6.07) is 0. The quantitative estimate of drug-likeness (QED) is 0.494. The van der Waals surface area contributed by atoms with E-state index in [0.29, 0.717) is 6.61 Å². The monoisotopic (exact) mass is 116 g/mol. The molecule has 1 atom stereocenters. The van der Waals surface area contributed by atoms with Crippen molar-refractivity contribution in [2.24, 2.45) is 5.92 Å². The molecule has 48 valence electrons. The first-order valence-corrected chi connectivity index (χ1v) is 3.29.